The highest BCUT2D eigenvalue weighted by molar-refractivity contribution is 5.94. The van der Waals surface area contributed by atoms with Crippen LogP contribution in [-0.2, 0) is 4.79 Å². The first-order valence-corrected chi connectivity index (χ1v) is 8.12. The molecule has 1 fully saturated rings. The average molecular weight is 310 g/mol. The van der Waals surface area contributed by atoms with Crippen LogP contribution in [0.3, 0.4) is 0 Å². The summed E-state index contributed by atoms with van der Waals surface area (Å²) in [5, 5.41) is 0. The number of carbonyl (C=O) groups excluding carboxylic acids is 1. The van der Waals surface area contributed by atoms with Crippen molar-refractivity contribution in [3.63, 3.8) is 0 Å². The number of carbonyl (C=O) groups is 1. The molecule has 1 aliphatic heterocycles. The Hall–Kier alpha value is -1.98. The molecule has 124 valence electrons. The van der Waals surface area contributed by atoms with Gasteiger partial charge in [0.1, 0.15) is 0 Å². The van der Waals surface area contributed by atoms with Gasteiger partial charge >= 0.3 is 0 Å². The second-order valence-corrected chi connectivity index (χ2v) is 8.18. The zero-order valence-corrected chi connectivity index (χ0v) is 15.4. The molecule has 0 radical (unpaired) electrons. The Morgan fingerprint density at radius 1 is 0.913 bits per heavy atom. The molecule has 0 unspecified atom stereocenters. The van der Waals surface area contributed by atoms with Gasteiger partial charge in [0.2, 0.25) is 0 Å². The molecule has 1 saturated heterocycles. The molecule has 0 spiro atoms. The van der Waals surface area contributed by atoms with Gasteiger partial charge in [-0.15, -0.1) is 5.92 Å². The lowest BCUT2D eigenvalue weighted by Gasteiger charge is -2.57. The van der Waals surface area contributed by atoms with Crippen molar-refractivity contribution in [3.8, 4) is 35.5 Å². The summed E-state index contributed by atoms with van der Waals surface area (Å²) in [7, 11) is 0. The topological polar surface area (TPSA) is 20.3 Å². The minimum atomic E-state index is -0.140. The quantitative estimate of drug-likeness (QED) is 0.495. The molecule has 2 nitrogen and oxygen atoms in total. The van der Waals surface area contributed by atoms with E-state index in [0.29, 0.717) is 0 Å². The second kappa shape index (κ2) is 7.06. The summed E-state index contributed by atoms with van der Waals surface area (Å²) >= 11 is 0. The van der Waals surface area contributed by atoms with Gasteiger partial charge in [-0.25, -0.2) is 5.92 Å². The maximum Gasteiger partial charge on any atom is 0.299 e. The number of nitrogens with zero attached hydrogens (tertiary/aromatic N) is 1. The van der Waals surface area contributed by atoms with Crippen molar-refractivity contribution >= 4 is 5.91 Å². The van der Waals surface area contributed by atoms with Crippen LogP contribution in [0.4, 0.5) is 0 Å². The first-order chi connectivity index (χ1) is 10.5. The molecule has 1 heterocycles. The zero-order valence-electron chi connectivity index (χ0n) is 15.4. The van der Waals surface area contributed by atoms with Crippen LogP contribution in [-0.4, -0.2) is 23.9 Å². The smallest absolute Gasteiger partial charge is 0.299 e. The first-order valence-electron chi connectivity index (χ1n) is 8.12. The van der Waals surface area contributed by atoms with Crippen molar-refractivity contribution in [2.24, 2.45) is 16.2 Å². The van der Waals surface area contributed by atoms with Crippen molar-refractivity contribution in [3.05, 3.63) is 6.92 Å². The Bertz CT molecular complexity index is 600. The SMILES string of the molecule is [CH2-]C#CC#CC#CC(=O)N1CCC(C(C)(C)C)(C(C)(C)C)CC1. The number of hydrogen-bond donors (Lipinski definition) is 0. The Labute approximate surface area is 142 Å². The van der Waals surface area contributed by atoms with Gasteiger partial charge in [0.05, 0.1) is 0 Å². The molecule has 0 aromatic rings. The Balaban J connectivity index is 2.83. The monoisotopic (exact) mass is 310 g/mol. The lowest BCUT2D eigenvalue weighted by Crippen LogP contribution is -2.54. The number of hydrogen-bond acceptors (Lipinski definition) is 1. The fourth-order valence-corrected chi connectivity index (χ4v) is 3.99. The van der Waals surface area contributed by atoms with Crippen LogP contribution in [0.1, 0.15) is 54.4 Å². The average Bonchev–Trinajstić information content (AvgIpc) is 2.44. The molecule has 0 bridgehead atoms. The highest BCUT2D eigenvalue weighted by Gasteiger charge is 2.51. The Morgan fingerprint density at radius 2 is 1.39 bits per heavy atom. The van der Waals surface area contributed by atoms with Crippen LogP contribution in [0.5, 0.6) is 0 Å². The summed E-state index contributed by atoms with van der Waals surface area (Å²) in [5.41, 5.74) is 0.614. The molecular weight excluding hydrogens is 282 g/mol. The zero-order chi connectivity index (χ0) is 17.7. The second-order valence-electron chi connectivity index (χ2n) is 8.18. The van der Waals surface area contributed by atoms with E-state index >= 15 is 0 Å². The van der Waals surface area contributed by atoms with E-state index in [1.807, 2.05) is 4.90 Å². The van der Waals surface area contributed by atoms with E-state index in [1.54, 1.807) is 0 Å². The van der Waals surface area contributed by atoms with E-state index in [0.717, 1.165) is 25.9 Å². The molecule has 1 amide bonds. The summed E-state index contributed by atoms with van der Waals surface area (Å²) in [6, 6.07) is 0. The minimum absolute atomic E-state index is 0.140. The van der Waals surface area contributed by atoms with Gasteiger partial charge in [-0.05, 0) is 40.9 Å². The van der Waals surface area contributed by atoms with Crippen LogP contribution < -0.4 is 0 Å². The van der Waals surface area contributed by atoms with Crippen LogP contribution in [0.25, 0.3) is 0 Å². The first kappa shape index (κ1) is 19.1. The molecular formula is C21H28NO-. The molecule has 1 aliphatic rings. The van der Waals surface area contributed by atoms with Crippen LogP contribution in [0.2, 0.25) is 0 Å². The molecule has 0 aromatic carbocycles. The van der Waals surface area contributed by atoms with Crippen LogP contribution in [0, 0.1) is 58.7 Å². The molecule has 0 N–H and O–H groups in total. The van der Waals surface area contributed by atoms with Crippen molar-refractivity contribution in [1.29, 1.82) is 0 Å². The van der Waals surface area contributed by atoms with Crippen molar-refractivity contribution in [2.45, 2.75) is 54.4 Å². The van der Waals surface area contributed by atoms with E-state index in [1.165, 1.54) is 0 Å². The fourth-order valence-electron chi connectivity index (χ4n) is 3.99. The maximum atomic E-state index is 12.2. The largest absolute Gasteiger partial charge is 0.332 e. The van der Waals surface area contributed by atoms with Gasteiger partial charge in [-0.1, -0.05) is 41.5 Å². The molecule has 1 rings (SSSR count). The third-order valence-corrected chi connectivity index (χ3v) is 5.22. The maximum absolute atomic E-state index is 12.2. The Kier molecular flexibility index (Phi) is 5.86. The van der Waals surface area contributed by atoms with E-state index in [-0.39, 0.29) is 22.2 Å². The van der Waals surface area contributed by atoms with Crippen LogP contribution in [0.15, 0.2) is 0 Å². The highest BCUT2D eigenvalue weighted by atomic mass is 16.2. The predicted molar refractivity (Wildman–Crippen MR) is 95.8 cm³/mol. The van der Waals surface area contributed by atoms with Crippen LogP contribution >= 0.6 is 0 Å². The molecule has 0 atom stereocenters. The number of rotatable bonds is 0. The lowest BCUT2D eigenvalue weighted by molar-refractivity contribution is -0.134. The summed E-state index contributed by atoms with van der Waals surface area (Å²) in [6.45, 7) is 18.8. The predicted octanol–water partition coefficient (Wildman–Crippen LogP) is 3.53. The van der Waals surface area contributed by atoms with Crippen molar-refractivity contribution in [2.75, 3.05) is 13.1 Å². The molecule has 2 heteroatoms. The standard InChI is InChI=1S/C21H28NO/c1-8-9-10-11-12-13-18(23)22-16-14-21(15-17-22,19(2,3)4)20(5,6)7/h1,14-17H2,2-7H3/q-1. The van der Waals surface area contributed by atoms with Crippen molar-refractivity contribution in [1.82, 2.24) is 4.90 Å². The van der Waals surface area contributed by atoms with Gasteiger partial charge < -0.3 is 4.90 Å². The molecule has 0 aliphatic carbocycles. The van der Waals surface area contributed by atoms with Gasteiger partial charge in [0, 0.05) is 19.0 Å². The van der Waals surface area contributed by atoms with Crippen molar-refractivity contribution < 1.29 is 4.79 Å². The highest BCUT2D eigenvalue weighted by Crippen LogP contribution is 2.57. The number of amides is 1. The molecule has 0 aromatic heterocycles. The van der Waals surface area contributed by atoms with E-state index in [9.17, 15) is 4.79 Å². The number of piperidine rings is 1. The molecule has 0 saturated carbocycles. The summed E-state index contributed by atoms with van der Waals surface area (Å²) in [5.74, 6) is 15.0. The fraction of sp³-hybridized carbons (Fsp3) is 0.619. The van der Waals surface area contributed by atoms with Gasteiger partial charge in [0.25, 0.3) is 5.91 Å². The van der Waals surface area contributed by atoms with Gasteiger partial charge in [-0.2, -0.15) is 6.92 Å². The third-order valence-electron chi connectivity index (χ3n) is 5.22. The normalized spacial score (nSPS) is 16.9. The van der Waals surface area contributed by atoms with Gasteiger partial charge in [-0.3, -0.25) is 10.7 Å². The van der Waals surface area contributed by atoms with Gasteiger partial charge in [0.15, 0.2) is 0 Å². The lowest BCUT2D eigenvalue weighted by atomic mass is 9.50. The minimum Gasteiger partial charge on any atom is -0.332 e. The summed E-state index contributed by atoms with van der Waals surface area (Å²) in [4.78, 5) is 14.0. The summed E-state index contributed by atoms with van der Waals surface area (Å²) < 4.78 is 0. The van der Waals surface area contributed by atoms with E-state index < -0.39 is 0 Å². The third kappa shape index (κ3) is 4.27. The molecule has 23 heavy (non-hydrogen) atoms. The van der Waals surface area contributed by atoms with E-state index in [4.69, 9.17) is 0 Å². The van der Waals surface area contributed by atoms with E-state index in [2.05, 4.69) is 84.0 Å². The number of likely N-dealkylation sites (tertiary alicyclic amines) is 1. The summed E-state index contributed by atoms with van der Waals surface area (Å²) in [6.07, 6.45) is 2.01. The Morgan fingerprint density at radius 3 is 1.83 bits per heavy atom.